The number of hydrogen-bond donors (Lipinski definition) is 2. The average molecular weight is 330 g/mol. The van der Waals surface area contributed by atoms with Crippen molar-refractivity contribution >= 4 is 5.91 Å². The molecule has 0 saturated carbocycles. The number of aliphatic hydroxyl groups is 1. The van der Waals surface area contributed by atoms with E-state index in [0.717, 1.165) is 12.1 Å². The minimum atomic E-state index is -0.937. The Hall–Kier alpha value is -2.21. The quantitative estimate of drug-likeness (QED) is 0.817. The molecule has 2 heterocycles. The van der Waals surface area contributed by atoms with E-state index in [1.807, 2.05) is 39.0 Å². The summed E-state index contributed by atoms with van der Waals surface area (Å²) < 4.78 is 1.68. The van der Waals surface area contributed by atoms with Gasteiger partial charge in [-0.05, 0) is 31.4 Å². The Morgan fingerprint density at radius 3 is 2.75 bits per heavy atom. The average Bonchev–Trinajstić information content (AvgIpc) is 3.03. The Labute approximate surface area is 142 Å². The fourth-order valence-corrected chi connectivity index (χ4v) is 2.55. The van der Waals surface area contributed by atoms with Gasteiger partial charge in [-0.15, -0.1) is 0 Å². The van der Waals surface area contributed by atoms with Crippen LogP contribution < -0.4 is 5.32 Å². The summed E-state index contributed by atoms with van der Waals surface area (Å²) in [5, 5.41) is 17.6. The Balaban J connectivity index is 2.18. The number of nitrogens with one attached hydrogen (secondary N) is 1. The zero-order chi connectivity index (χ0) is 17.7. The standard InChI is InChI=1S/C18H26N4O2/c1-5-13(3)18(4,24)12-20-17(23)14-11-21-22(15(14)6-2)16-9-7-8-10-19-16/h7-11,13,24H,5-6,12H2,1-4H3,(H,20,23). The Bertz CT molecular complexity index is 680. The summed E-state index contributed by atoms with van der Waals surface area (Å²) in [7, 11) is 0. The summed E-state index contributed by atoms with van der Waals surface area (Å²) in [6.45, 7) is 7.93. The maximum absolute atomic E-state index is 12.5. The zero-order valence-corrected chi connectivity index (χ0v) is 14.8. The zero-order valence-electron chi connectivity index (χ0n) is 14.8. The van der Waals surface area contributed by atoms with Crippen molar-refractivity contribution < 1.29 is 9.90 Å². The molecule has 24 heavy (non-hydrogen) atoms. The molecule has 0 bridgehead atoms. The van der Waals surface area contributed by atoms with Crippen LogP contribution in [-0.4, -0.2) is 37.9 Å². The molecule has 0 saturated heterocycles. The van der Waals surface area contributed by atoms with Crippen LogP contribution in [0.25, 0.3) is 5.82 Å². The second-order valence-electron chi connectivity index (χ2n) is 6.31. The summed E-state index contributed by atoms with van der Waals surface area (Å²) >= 11 is 0. The smallest absolute Gasteiger partial charge is 0.254 e. The molecule has 2 rings (SSSR count). The molecule has 6 nitrogen and oxygen atoms in total. The highest BCUT2D eigenvalue weighted by atomic mass is 16.3. The first-order valence-corrected chi connectivity index (χ1v) is 8.39. The monoisotopic (exact) mass is 330 g/mol. The van der Waals surface area contributed by atoms with Gasteiger partial charge in [0.15, 0.2) is 5.82 Å². The second-order valence-corrected chi connectivity index (χ2v) is 6.31. The van der Waals surface area contributed by atoms with Crippen LogP contribution in [0.4, 0.5) is 0 Å². The molecule has 2 aromatic rings. The lowest BCUT2D eigenvalue weighted by Gasteiger charge is -2.29. The van der Waals surface area contributed by atoms with Gasteiger partial charge in [0.1, 0.15) is 0 Å². The van der Waals surface area contributed by atoms with Gasteiger partial charge in [-0.2, -0.15) is 5.10 Å². The minimum absolute atomic E-state index is 0.0969. The number of pyridine rings is 1. The van der Waals surface area contributed by atoms with E-state index in [-0.39, 0.29) is 18.4 Å². The van der Waals surface area contributed by atoms with Crippen LogP contribution in [0, 0.1) is 5.92 Å². The summed E-state index contributed by atoms with van der Waals surface area (Å²) in [5.41, 5.74) is 0.380. The van der Waals surface area contributed by atoms with Gasteiger partial charge in [0.05, 0.1) is 23.1 Å². The lowest BCUT2D eigenvalue weighted by molar-refractivity contribution is 0.00591. The van der Waals surface area contributed by atoms with Crippen molar-refractivity contribution in [1.29, 1.82) is 0 Å². The van der Waals surface area contributed by atoms with Gasteiger partial charge >= 0.3 is 0 Å². The number of hydrogen-bond acceptors (Lipinski definition) is 4. The van der Waals surface area contributed by atoms with Crippen LogP contribution in [0.3, 0.4) is 0 Å². The molecule has 0 fully saturated rings. The normalized spacial score (nSPS) is 14.9. The van der Waals surface area contributed by atoms with Gasteiger partial charge in [0.25, 0.3) is 5.91 Å². The molecule has 2 atom stereocenters. The van der Waals surface area contributed by atoms with Gasteiger partial charge in [-0.1, -0.05) is 33.3 Å². The second kappa shape index (κ2) is 7.57. The Morgan fingerprint density at radius 2 is 2.17 bits per heavy atom. The highest BCUT2D eigenvalue weighted by molar-refractivity contribution is 5.95. The molecule has 2 unspecified atom stereocenters. The SMILES string of the molecule is CCc1c(C(=O)NCC(C)(O)C(C)CC)cnn1-c1ccccn1. The molecule has 2 aromatic heterocycles. The van der Waals surface area contributed by atoms with E-state index in [1.165, 1.54) is 0 Å². The van der Waals surface area contributed by atoms with Gasteiger partial charge in [-0.3, -0.25) is 4.79 Å². The summed E-state index contributed by atoms with van der Waals surface area (Å²) in [6, 6.07) is 5.57. The third-order valence-corrected chi connectivity index (χ3v) is 4.60. The molecule has 6 heteroatoms. The number of amides is 1. The summed E-state index contributed by atoms with van der Waals surface area (Å²) in [4.78, 5) is 16.8. The highest BCUT2D eigenvalue weighted by Gasteiger charge is 2.28. The van der Waals surface area contributed by atoms with Crippen LogP contribution >= 0.6 is 0 Å². The Kier molecular flexibility index (Phi) is 5.72. The molecule has 0 aliphatic rings. The van der Waals surface area contributed by atoms with Crippen molar-refractivity contribution in [3.8, 4) is 5.82 Å². The first-order valence-electron chi connectivity index (χ1n) is 8.39. The molecule has 0 aromatic carbocycles. The van der Waals surface area contributed by atoms with Gasteiger partial charge in [0.2, 0.25) is 0 Å². The fourth-order valence-electron chi connectivity index (χ4n) is 2.55. The van der Waals surface area contributed by atoms with Crippen molar-refractivity contribution in [1.82, 2.24) is 20.1 Å². The number of carbonyl (C=O) groups excluding carboxylic acids is 1. The molecule has 0 aliphatic heterocycles. The largest absolute Gasteiger partial charge is 0.388 e. The van der Waals surface area contributed by atoms with Crippen LogP contribution in [-0.2, 0) is 6.42 Å². The first-order chi connectivity index (χ1) is 11.4. The third-order valence-electron chi connectivity index (χ3n) is 4.60. The van der Waals surface area contributed by atoms with Crippen molar-refractivity contribution in [3.63, 3.8) is 0 Å². The molecular weight excluding hydrogens is 304 g/mol. The fraction of sp³-hybridized carbons (Fsp3) is 0.500. The maximum atomic E-state index is 12.5. The minimum Gasteiger partial charge on any atom is -0.388 e. The lowest BCUT2D eigenvalue weighted by Crippen LogP contribution is -2.45. The van der Waals surface area contributed by atoms with Crippen LogP contribution in [0.5, 0.6) is 0 Å². The highest BCUT2D eigenvalue weighted by Crippen LogP contribution is 2.19. The molecule has 2 N–H and O–H groups in total. The van der Waals surface area contributed by atoms with E-state index in [9.17, 15) is 9.90 Å². The van der Waals surface area contributed by atoms with Crippen LogP contribution in [0.15, 0.2) is 30.6 Å². The van der Waals surface area contributed by atoms with Crippen molar-refractivity contribution in [2.45, 2.75) is 46.1 Å². The van der Waals surface area contributed by atoms with Gasteiger partial charge < -0.3 is 10.4 Å². The van der Waals surface area contributed by atoms with Crippen molar-refractivity contribution in [3.05, 3.63) is 41.9 Å². The molecule has 0 aliphatic carbocycles. The third kappa shape index (κ3) is 3.82. The maximum Gasteiger partial charge on any atom is 0.254 e. The number of aromatic nitrogens is 3. The van der Waals surface area contributed by atoms with Gasteiger partial charge in [-0.25, -0.2) is 9.67 Å². The van der Waals surface area contributed by atoms with Crippen LogP contribution in [0.1, 0.15) is 50.2 Å². The van der Waals surface area contributed by atoms with E-state index >= 15 is 0 Å². The summed E-state index contributed by atoms with van der Waals surface area (Å²) in [5.74, 6) is 0.553. The van der Waals surface area contributed by atoms with Gasteiger partial charge in [0, 0.05) is 12.7 Å². The first kappa shape index (κ1) is 18.1. The van der Waals surface area contributed by atoms with E-state index < -0.39 is 5.60 Å². The van der Waals surface area contributed by atoms with E-state index in [4.69, 9.17) is 0 Å². The number of nitrogens with zero attached hydrogens (tertiary/aromatic N) is 3. The predicted octanol–water partition coefficient (Wildman–Crippen LogP) is 2.36. The van der Waals surface area contributed by atoms with Crippen molar-refractivity contribution in [2.24, 2.45) is 5.92 Å². The lowest BCUT2D eigenvalue weighted by atomic mass is 9.88. The molecule has 130 valence electrons. The van der Waals surface area contributed by atoms with E-state index in [1.54, 1.807) is 24.0 Å². The molecular formula is C18H26N4O2. The molecule has 0 spiro atoms. The topological polar surface area (TPSA) is 80.0 Å². The number of carbonyl (C=O) groups is 1. The molecule has 0 radical (unpaired) electrons. The Morgan fingerprint density at radius 1 is 1.42 bits per heavy atom. The molecule has 1 amide bonds. The number of rotatable bonds is 7. The van der Waals surface area contributed by atoms with Crippen LogP contribution in [0.2, 0.25) is 0 Å². The summed E-state index contributed by atoms with van der Waals surface area (Å²) in [6.07, 6.45) is 4.75. The van der Waals surface area contributed by atoms with E-state index in [0.29, 0.717) is 17.8 Å². The van der Waals surface area contributed by atoms with E-state index in [2.05, 4.69) is 15.4 Å². The predicted molar refractivity (Wildman–Crippen MR) is 93.1 cm³/mol. The van der Waals surface area contributed by atoms with Crippen molar-refractivity contribution in [2.75, 3.05) is 6.54 Å².